The summed E-state index contributed by atoms with van der Waals surface area (Å²) in [7, 11) is 0. The number of primary amides is 1. The molecule has 0 radical (unpaired) electrons. The first kappa shape index (κ1) is 23.6. The van der Waals surface area contributed by atoms with Crippen molar-refractivity contribution in [1.82, 2.24) is 5.32 Å². The Hall–Kier alpha value is -1.36. The molecule has 0 rings (SSSR count). The van der Waals surface area contributed by atoms with Crippen molar-refractivity contribution in [2.45, 2.75) is 84.0 Å². The summed E-state index contributed by atoms with van der Waals surface area (Å²) in [5.41, 5.74) is 4.91. The zero-order valence-electron chi connectivity index (χ0n) is 16.1. The van der Waals surface area contributed by atoms with Gasteiger partial charge in [0.05, 0.1) is 0 Å². The van der Waals surface area contributed by atoms with Crippen LogP contribution in [0.15, 0.2) is 12.2 Å². The molecule has 5 heteroatoms. The highest BCUT2D eigenvalue weighted by molar-refractivity contribution is 5.95. The standard InChI is InChI=1S/C20H38N2O3/c1-2-3-4-5-6-7-8-9-10-11-12-17-25-18-13-16-22-20(24)15-14-19(21)23/h14-15H,2-13,16-18H2,1H3,(H2,21,23)(H,22,24)/b15-14-. The van der Waals surface area contributed by atoms with E-state index in [-0.39, 0.29) is 5.91 Å². The number of carbonyl (C=O) groups excluding carboxylic acids is 2. The van der Waals surface area contributed by atoms with E-state index in [1.54, 1.807) is 0 Å². The van der Waals surface area contributed by atoms with Crippen LogP contribution in [0.5, 0.6) is 0 Å². The minimum atomic E-state index is -0.620. The molecule has 5 nitrogen and oxygen atoms in total. The SMILES string of the molecule is CCCCCCCCCCCCCOCCCNC(=O)/C=C\C(N)=O. The van der Waals surface area contributed by atoms with Crippen LogP contribution in [0.1, 0.15) is 84.0 Å². The maximum atomic E-state index is 11.2. The van der Waals surface area contributed by atoms with Gasteiger partial charge in [-0.1, -0.05) is 71.1 Å². The van der Waals surface area contributed by atoms with E-state index in [0.29, 0.717) is 13.2 Å². The second kappa shape index (κ2) is 19.0. The van der Waals surface area contributed by atoms with E-state index in [1.807, 2.05) is 0 Å². The highest BCUT2D eigenvalue weighted by atomic mass is 16.5. The summed E-state index contributed by atoms with van der Waals surface area (Å²) in [5, 5.41) is 2.67. The van der Waals surface area contributed by atoms with Crippen molar-refractivity contribution in [3.8, 4) is 0 Å². The number of nitrogens with one attached hydrogen (secondary N) is 1. The minimum Gasteiger partial charge on any atom is -0.381 e. The fraction of sp³-hybridized carbons (Fsp3) is 0.800. The molecule has 3 N–H and O–H groups in total. The Bertz CT molecular complexity index is 357. The number of unbranched alkanes of at least 4 members (excludes halogenated alkanes) is 10. The predicted octanol–water partition coefficient (Wildman–Crippen LogP) is 3.86. The summed E-state index contributed by atoms with van der Waals surface area (Å²) < 4.78 is 5.55. The van der Waals surface area contributed by atoms with Crippen molar-refractivity contribution in [1.29, 1.82) is 0 Å². The quantitative estimate of drug-likeness (QED) is 0.290. The highest BCUT2D eigenvalue weighted by Gasteiger charge is 1.96. The van der Waals surface area contributed by atoms with Gasteiger partial charge in [-0.05, 0) is 12.8 Å². The average Bonchev–Trinajstić information content (AvgIpc) is 2.59. The third kappa shape index (κ3) is 20.6. The molecule has 0 unspecified atom stereocenters. The molecule has 0 aliphatic heterocycles. The van der Waals surface area contributed by atoms with Crippen LogP contribution in [0.25, 0.3) is 0 Å². The van der Waals surface area contributed by atoms with Crippen LogP contribution in [0.3, 0.4) is 0 Å². The van der Waals surface area contributed by atoms with Crippen molar-refractivity contribution in [2.75, 3.05) is 19.8 Å². The molecular formula is C20H38N2O3. The monoisotopic (exact) mass is 354 g/mol. The number of nitrogens with two attached hydrogens (primary N) is 1. The van der Waals surface area contributed by atoms with Gasteiger partial charge in [0.15, 0.2) is 0 Å². The number of rotatable bonds is 18. The van der Waals surface area contributed by atoms with Crippen molar-refractivity contribution in [3.05, 3.63) is 12.2 Å². The van der Waals surface area contributed by atoms with Gasteiger partial charge in [0.2, 0.25) is 11.8 Å². The molecule has 0 heterocycles. The Morgan fingerprint density at radius 3 is 1.88 bits per heavy atom. The lowest BCUT2D eigenvalue weighted by Crippen LogP contribution is -2.23. The molecule has 0 spiro atoms. The van der Waals surface area contributed by atoms with Gasteiger partial charge in [-0.3, -0.25) is 9.59 Å². The molecule has 0 saturated carbocycles. The molecule has 25 heavy (non-hydrogen) atoms. The fourth-order valence-electron chi connectivity index (χ4n) is 2.57. The van der Waals surface area contributed by atoms with E-state index < -0.39 is 5.91 Å². The molecule has 0 aliphatic carbocycles. The average molecular weight is 355 g/mol. The summed E-state index contributed by atoms with van der Waals surface area (Å²) in [5.74, 6) is -0.922. The lowest BCUT2D eigenvalue weighted by molar-refractivity contribution is -0.117. The molecule has 0 aliphatic rings. The molecule has 0 atom stereocenters. The maximum Gasteiger partial charge on any atom is 0.244 e. The van der Waals surface area contributed by atoms with Gasteiger partial charge in [-0.15, -0.1) is 0 Å². The van der Waals surface area contributed by atoms with Crippen LogP contribution in [0.4, 0.5) is 0 Å². The normalized spacial score (nSPS) is 11.1. The summed E-state index contributed by atoms with van der Waals surface area (Å²) in [6, 6.07) is 0. The predicted molar refractivity (Wildman–Crippen MR) is 103 cm³/mol. The van der Waals surface area contributed by atoms with Crippen LogP contribution in [-0.2, 0) is 14.3 Å². The fourth-order valence-corrected chi connectivity index (χ4v) is 2.57. The summed E-state index contributed by atoms with van der Waals surface area (Å²) in [6.45, 7) is 4.25. The lowest BCUT2D eigenvalue weighted by Gasteiger charge is -2.05. The van der Waals surface area contributed by atoms with Crippen LogP contribution in [0.2, 0.25) is 0 Å². The number of ether oxygens (including phenoxy) is 1. The molecule has 2 amide bonds. The first-order valence-electron chi connectivity index (χ1n) is 10.00. The van der Waals surface area contributed by atoms with Crippen molar-refractivity contribution in [2.24, 2.45) is 5.73 Å². The number of carbonyl (C=O) groups is 2. The lowest BCUT2D eigenvalue weighted by atomic mass is 10.1. The number of hydrogen-bond acceptors (Lipinski definition) is 3. The molecular weight excluding hydrogens is 316 g/mol. The van der Waals surface area contributed by atoms with E-state index in [1.165, 1.54) is 64.2 Å². The Morgan fingerprint density at radius 1 is 0.800 bits per heavy atom. The highest BCUT2D eigenvalue weighted by Crippen LogP contribution is 2.11. The second-order valence-electron chi connectivity index (χ2n) is 6.53. The van der Waals surface area contributed by atoms with Gasteiger partial charge in [0.25, 0.3) is 0 Å². The summed E-state index contributed by atoms with van der Waals surface area (Å²) in [6.07, 6.45) is 17.7. The maximum absolute atomic E-state index is 11.2. The first-order chi connectivity index (χ1) is 12.2. The van der Waals surface area contributed by atoms with Crippen molar-refractivity contribution >= 4 is 11.8 Å². The largest absolute Gasteiger partial charge is 0.381 e. The Labute approximate surface area is 153 Å². The molecule has 0 aromatic carbocycles. The molecule has 146 valence electrons. The van der Waals surface area contributed by atoms with Crippen molar-refractivity contribution in [3.63, 3.8) is 0 Å². The third-order valence-electron chi connectivity index (χ3n) is 4.06. The van der Waals surface area contributed by atoms with Crippen LogP contribution in [-0.4, -0.2) is 31.6 Å². The van der Waals surface area contributed by atoms with Gasteiger partial charge in [0.1, 0.15) is 0 Å². The second-order valence-corrected chi connectivity index (χ2v) is 6.53. The number of amides is 2. The number of hydrogen-bond donors (Lipinski definition) is 2. The molecule has 0 aromatic heterocycles. The van der Waals surface area contributed by atoms with Gasteiger partial charge < -0.3 is 15.8 Å². The topological polar surface area (TPSA) is 81.4 Å². The van der Waals surface area contributed by atoms with Crippen molar-refractivity contribution < 1.29 is 14.3 Å². The molecule has 0 bridgehead atoms. The van der Waals surface area contributed by atoms with E-state index in [0.717, 1.165) is 31.6 Å². The summed E-state index contributed by atoms with van der Waals surface area (Å²) >= 11 is 0. The van der Waals surface area contributed by atoms with E-state index >= 15 is 0 Å². The van der Waals surface area contributed by atoms with Crippen LogP contribution >= 0.6 is 0 Å². The Morgan fingerprint density at radius 2 is 1.32 bits per heavy atom. The smallest absolute Gasteiger partial charge is 0.244 e. The van der Waals surface area contributed by atoms with Gasteiger partial charge in [0, 0.05) is 31.9 Å². The zero-order chi connectivity index (χ0) is 18.6. The third-order valence-corrected chi connectivity index (χ3v) is 4.06. The van der Waals surface area contributed by atoms with E-state index in [9.17, 15) is 9.59 Å². The minimum absolute atomic E-state index is 0.302. The van der Waals surface area contributed by atoms with Gasteiger partial charge >= 0.3 is 0 Å². The van der Waals surface area contributed by atoms with Crippen LogP contribution in [0, 0.1) is 0 Å². The summed E-state index contributed by atoms with van der Waals surface area (Å²) in [4.78, 5) is 21.7. The molecule has 0 aromatic rings. The first-order valence-corrected chi connectivity index (χ1v) is 10.00. The Kier molecular flexibility index (Phi) is 17.9. The van der Waals surface area contributed by atoms with Gasteiger partial charge in [-0.2, -0.15) is 0 Å². The van der Waals surface area contributed by atoms with E-state index in [4.69, 9.17) is 10.5 Å². The van der Waals surface area contributed by atoms with Crippen LogP contribution < -0.4 is 11.1 Å². The molecule has 0 fully saturated rings. The van der Waals surface area contributed by atoms with Gasteiger partial charge in [-0.25, -0.2) is 0 Å². The Balaban J connectivity index is 3.14. The molecule has 0 saturated heterocycles. The zero-order valence-corrected chi connectivity index (χ0v) is 16.1. The van der Waals surface area contributed by atoms with E-state index in [2.05, 4.69) is 12.2 Å².